The van der Waals surface area contributed by atoms with Gasteiger partial charge in [0.2, 0.25) is 0 Å². The number of nitrogen functional groups attached to an aromatic ring is 1. The molecule has 0 spiro atoms. The first-order valence-electron chi connectivity index (χ1n) is 6.04. The number of hydrogen-bond donors (Lipinski definition) is 4. The minimum absolute atomic E-state index is 0.0958. The number of aliphatic hydroxyl groups excluding tert-OH is 1. The molecule has 0 aromatic heterocycles. The molecule has 1 aliphatic carbocycles. The van der Waals surface area contributed by atoms with Gasteiger partial charge in [0.15, 0.2) is 0 Å². The van der Waals surface area contributed by atoms with Crippen LogP contribution in [0.5, 0.6) is 0 Å². The summed E-state index contributed by atoms with van der Waals surface area (Å²) in [5.74, 6) is -0.645. The third-order valence-corrected chi connectivity index (χ3v) is 3.30. The van der Waals surface area contributed by atoms with Gasteiger partial charge in [-0.05, 0) is 43.4 Å². The maximum absolute atomic E-state index is 11.0. The lowest BCUT2D eigenvalue weighted by atomic mass is 10.1. The third-order valence-electron chi connectivity index (χ3n) is 3.30. The van der Waals surface area contributed by atoms with Crippen molar-refractivity contribution in [1.29, 1.82) is 0 Å². The van der Waals surface area contributed by atoms with Crippen LogP contribution in [-0.2, 0) is 0 Å². The molecular weight excluding hydrogens is 232 g/mol. The fourth-order valence-electron chi connectivity index (χ4n) is 1.95. The number of aryl methyl sites for hydroxylation is 1. The number of anilines is 2. The Hall–Kier alpha value is -1.75. The Morgan fingerprint density at radius 1 is 1.56 bits per heavy atom. The number of benzene rings is 1. The van der Waals surface area contributed by atoms with Crippen LogP contribution >= 0.6 is 0 Å². The van der Waals surface area contributed by atoms with Gasteiger partial charge in [0.25, 0.3) is 0 Å². The second-order valence-electron chi connectivity index (χ2n) is 4.85. The maximum Gasteiger partial charge on any atom is 0.337 e. The molecule has 0 amide bonds. The van der Waals surface area contributed by atoms with E-state index in [0.29, 0.717) is 18.2 Å². The van der Waals surface area contributed by atoms with E-state index < -0.39 is 5.97 Å². The van der Waals surface area contributed by atoms with Crippen molar-refractivity contribution in [3.63, 3.8) is 0 Å². The highest BCUT2D eigenvalue weighted by Crippen LogP contribution is 2.32. The quantitative estimate of drug-likeness (QED) is 0.593. The minimum Gasteiger partial charge on any atom is -0.478 e. The highest BCUT2D eigenvalue weighted by Gasteiger charge is 2.29. The standard InChI is InChI=1S/C13H18N2O3/c1-7-4-9(5-10(12(7)14)13(17)18)15-6-11(16)8-2-3-8/h4-5,8,11,15-16H,2-3,6,14H2,1H3,(H,17,18). The largest absolute Gasteiger partial charge is 0.478 e. The molecule has 5 N–H and O–H groups in total. The van der Waals surface area contributed by atoms with E-state index in [0.717, 1.165) is 18.4 Å². The van der Waals surface area contributed by atoms with Gasteiger partial charge in [0.05, 0.1) is 11.7 Å². The molecule has 0 heterocycles. The van der Waals surface area contributed by atoms with Gasteiger partial charge >= 0.3 is 5.97 Å². The summed E-state index contributed by atoms with van der Waals surface area (Å²) in [5, 5.41) is 21.8. The molecule has 1 aromatic carbocycles. The van der Waals surface area contributed by atoms with Crippen molar-refractivity contribution < 1.29 is 15.0 Å². The molecule has 98 valence electrons. The number of nitrogens with two attached hydrogens (primary N) is 1. The average molecular weight is 250 g/mol. The predicted octanol–water partition coefficient (Wildman–Crippen LogP) is 1.46. The van der Waals surface area contributed by atoms with Crippen LogP contribution in [0.15, 0.2) is 12.1 Å². The van der Waals surface area contributed by atoms with Crippen LogP contribution in [-0.4, -0.2) is 28.8 Å². The van der Waals surface area contributed by atoms with Crippen molar-refractivity contribution in [3.05, 3.63) is 23.3 Å². The SMILES string of the molecule is Cc1cc(NCC(O)C2CC2)cc(C(=O)O)c1N. The molecule has 1 fully saturated rings. The van der Waals surface area contributed by atoms with Crippen molar-refractivity contribution in [2.75, 3.05) is 17.6 Å². The van der Waals surface area contributed by atoms with Gasteiger partial charge in [-0.3, -0.25) is 0 Å². The first kappa shape index (κ1) is 12.7. The Bertz CT molecular complexity index is 470. The molecule has 1 unspecified atom stereocenters. The average Bonchev–Trinajstić information content (AvgIpc) is 3.13. The lowest BCUT2D eigenvalue weighted by Crippen LogP contribution is -2.21. The summed E-state index contributed by atoms with van der Waals surface area (Å²) in [6.45, 7) is 2.21. The number of carbonyl (C=O) groups is 1. The summed E-state index contributed by atoms with van der Waals surface area (Å²) in [5.41, 5.74) is 7.49. The Morgan fingerprint density at radius 3 is 2.78 bits per heavy atom. The van der Waals surface area contributed by atoms with Crippen LogP contribution in [0.4, 0.5) is 11.4 Å². The predicted molar refractivity (Wildman–Crippen MR) is 69.8 cm³/mol. The number of hydrogen-bond acceptors (Lipinski definition) is 4. The van der Waals surface area contributed by atoms with E-state index in [2.05, 4.69) is 5.32 Å². The fraction of sp³-hybridized carbons (Fsp3) is 0.462. The van der Waals surface area contributed by atoms with Gasteiger partial charge in [-0.2, -0.15) is 0 Å². The lowest BCUT2D eigenvalue weighted by Gasteiger charge is -2.14. The van der Waals surface area contributed by atoms with Crippen molar-refractivity contribution >= 4 is 17.3 Å². The van der Waals surface area contributed by atoms with Gasteiger partial charge in [-0.1, -0.05) is 0 Å². The molecule has 0 saturated heterocycles. The minimum atomic E-state index is -1.04. The smallest absolute Gasteiger partial charge is 0.337 e. The highest BCUT2D eigenvalue weighted by molar-refractivity contribution is 5.95. The molecule has 1 aromatic rings. The van der Waals surface area contributed by atoms with Gasteiger partial charge in [-0.25, -0.2) is 4.79 Å². The number of carboxylic acid groups (broad SMARTS) is 1. The van der Waals surface area contributed by atoms with Crippen LogP contribution < -0.4 is 11.1 Å². The molecule has 1 saturated carbocycles. The van der Waals surface area contributed by atoms with Crippen LogP contribution in [0.25, 0.3) is 0 Å². The molecule has 1 aliphatic rings. The zero-order valence-corrected chi connectivity index (χ0v) is 10.3. The first-order valence-corrected chi connectivity index (χ1v) is 6.04. The lowest BCUT2D eigenvalue weighted by molar-refractivity contribution is 0.0698. The molecule has 5 nitrogen and oxygen atoms in total. The van der Waals surface area contributed by atoms with Gasteiger partial charge in [0, 0.05) is 17.9 Å². The van der Waals surface area contributed by atoms with Crippen molar-refractivity contribution in [2.45, 2.75) is 25.9 Å². The highest BCUT2D eigenvalue weighted by atomic mass is 16.4. The third kappa shape index (κ3) is 2.73. The van der Waals surface area contributed by atoms with E-state index in [1.165, 1.54) is 6.07 Å². The molecule has 0 radical (unpaired) electrons. The molecule has 5 heteroatoms. The van der Waals surface area contributed by atoms with Crippen molar-refractivity contribution in [3.8, 4) is 0 Å². The maximum atomic E-state index is 11.0. The Kier molecular flexibility index (Phi) is 3.43. The van der Waals surface area contributed by atoms with Crippen molar-refractivity contribution in [1.82, 2.24) is 0 Å². The molecule has 0 bridgehead atoms. The second-order valence-corrected chi connectivity index (χ2v) is 4.85. The number of rotatable bonds is 5. The summed E-state index contributed by atoms with van der Waals surface area (Å²) in [6.07, 6.45) is 1.78. The topological polar surface area (TPSA) is 95.6 Å². The molecule has 2 rings (SSSR count). The van der Waals surface area contributed by atoms with Gasteiger partial charge in [0.1, 0.15) is 0 Å². The summed E-state index contributed by atoms with van der Waals surface area (Å²) in [4.78, 5) is 11.0. The van der Waals surface area contributed by atoms with Crippen LogP contribution in [0.1, 0.15) is 28.8 Å². The molecule has 0 aliphatic heterocycles. The second kappa shape index (κ2) is 4.86. The van der Waals surface area contributed by atoms with Crippen molar-refractivity contribution in [2.24, 2.45) is 5.92 Å². The van der Waals surface area contributed by atoms with Crippen LogP contribution in [0.3, 0.4) is 0 Å². The van der Waals surface area contributed by atoms with E-state index >= 15 is 0 Å². The van der Waals surface area contributed by atoms with E-state index in [-0.39, 0.29) is 17.4 Å². The Morgan fingerprint density at radius 2 is 2.22 bits per heavy atom. The fourth-order valence-corrected chi connectivity index (χ4v) is 1.95. The van der Waals surface area contributed by atoms with E-state index in [1.54, 1.807) is 13.0 Å². The molecule has 18 heavy (non-hydrogen) atoms. The molecular formula is C13H18N2O3. The number of aliphatic hydroxyl groups is 1. The van der Waals surface area contributed by atoms with Gasteiger partial charge < -0.3 is 21.3 Å². The van der Waals surface area contributed by atoms with Crippen LogP contribution in [0.2, 0.25) is 0 Å². The summed E-state index contributed by atoms with van der Waals surface area (Å²) in [7, 11) is 0. The van der Waals surface area contributed by atoms with Gasteiger partial charge in [-0.15, -0.1) is 0 Å². The van der Waals surface area contributed by atoms with E-state index in [1.807, 2.05) is 0 Å². The summed E-state index contributed by atoms with van der Waals surface area (Å²) in [6, 6.07) is 3.30. The Labute approximate surface area is 106 Å². The number of nitrogens with one attached hydrogen (secondary N) is 1. The zero-order valence-electron chi connectivity index (χ0n) is 10.3. The number of carboxylic acids is 1. The Balaban J connectivity index is 2.10. The monoisotopic (exact) mass is 250 g/mol. The number of aromatic carboxylic acids is 1. The molecule has 1 atom stereocenters. The normalized spacial score (nSPS) is 16.3. The summed E-state index contributed by atoms with van der Waals surface area (Å²) < 4.78 is 0. The first-order chi connectivity index (χ1) is 8.49. The van der Waals surface area contributed by atoms with E-state index in [4.69, 9.17) is 10.8 Å². The zero-order chi connectivity index (χ0) is 13.3. The van der Waals surface area contributed by atoms with E-state index in [9.17, 15) is 9.90 Å². The van der Waals surface area contributed by atoms with Crippen LogP contribution in [0, 0.1) is 12.8 Å². The summed E-state index contributed by atoms with van der Waals surface area (Å²) >= 11 is 0.